The quantitative estimate of drug-likeness (QED) is 0.753. The number of carbonyl (C=O) groups is 1. The number of hydrogen-bond acceptors (Lipinski definition) is 3. The molecule has 1 aromatic rings. The summed E-state index contributed by atoms with van der Waals surface area (Å²) in [6.45, 7) is 2.76. The predicted molar refractivity (Wildman–Crippen MR) is 75.6 cm³/mol. The topological polar surface area (TPSA) is 66.6 Å². The first-order valence-corrected chi connectivity index (χ1v) is 6.26. The minimum Gasteiger partial charge on any atom is -0.395 e. The molecular formula is C13H18N2O2S. The molecule has 0 aliphatic carbocycles. The molecule has 0 unspecified atom stereocenters. The summed E-state index contributed by atoms with van der Waals surface area (Å²) in [5.74, 6) is -0.0867. The Morgan fingerprint density at radius 3 is 2.78 bits per heavy atom. The van der Waals surface area contributed by atoms with Gasteiger partial charge in [-0.15, -0.1) is 0 Å². The van der Waals surface area contributed by atoms with E-state index in [0.717, 1.165) is 5.56 Å². The molecule has 3 N–H and O–H groups in total. The fourth-order valence-corrected chi connectivity index (χ4v) is 1.89. The van der Waals surface area contributed by atoms with E-state index in [1.165, 1.54) is 0 Å². The Morgan fingerprint density at radius 1 is 1.50 bits per heavy atom. The van der Waals surface area contributed by atoms with E-state index in [1.54, 1.807) is 17.0 Å². The van der Waals surface area contributed by atoms with Gasteiger partial charge in [0.2, 0.25) is 0 Å². The summed E-state index contributed by atoms with van der Waals surface area (Å²) >= 11 is 4.85. The van der Waals surface area contributed by atoms with Crippen LogP contribution in [-0.4, -0.2) is 40.6 Å². The van der Waals surface area contributed by atoms with Crippen molar-refractivity contribution in [2.24, 2.45) is 5.73 Å². The number of likely N-dealkylation sites (N-methyl/N-ethyl adjacent to an activating group) is 1. The van der Waals surface area contributed by atoms with Gasteiger partial charge in [-0.3, -0.25) is 4.79 Å². The van der Waals surface area contributed by atoms with Gasteiger partial charge in [-0.25, -0.2) is 0 Å². The lowest BCUT2D eigenvalue weighted by Gasteiger charge is -2.19. The van der Waals surface area contributed by atoms with E-state index in [0.29, 0.717) is 30.1 Å². The van der Waals surface area contributed by atoms with Crippen molar-refractivity contribution in [3.05, 3.63) is 35.4 Å². The normalized spacial score (nSPS) is 10.1. The summed E-state index contributed by atoms with van der Waals surface area (Å²) in [5.41, 5.74) is 7.01. The molecule has 0 saturated carbocycles. The molecule has 4 nitrogen and oxygen atoms in total. The number of amides is 1. The molecule has 0 saturated heterocycles. The molecule has 98 valence electrons. The van der Waals surface area contributed by atoms with E-state index >= 15 is 0 Å². The van der Waals surface area contributed by atoms with Crippen molar-refractivity contribution in [2.45, 2.75) is 13.3 Å². The SMILES string of the molecule is CCN(CCO)C(=O)c1cccc(CC(N)=S)c1. The molecule has 1 aromatic carbocycles. The smallest absolute Gasteiger partial charge is 0.253 e. The number of carbonyl (C=O) groups excluding carboxylic acids is 1. The first kappa shape index (κ1) is 14.6. The predicted octanol–water partition coefficient (Wildman–Crippen LogP) is 0.970. The van der Waals surface area contributed by atoms with E-state index in [2.05, 4.69) is 0 Å². The van der Waals surface area contributed by atoms with Gasteiger partial charge < -0.3 is 15.7 Å². The van der Waals surface area contributed by atoms with Crippen LogP contribution in [0.15, 0.2) is 24.3 Å². The minimum atomic E-state index is -0.0867. The molecule has 1 amide bonds. The van der Waals surface area contributed by atoms with Gasteiger partial charge in [0, 0.05) is 25.1 Å². The molecule has 0 spiro atoms. The number of nitrogens with two attached hydrogens (primary N) is 1. The van der Waals surface area contributed by atoms with Crippen LogP contribution in [0.5, 0.6) is 0 Å². The van der Waals surface area contributed by atoms with E-state index in [9.17, 15) is 4.79 Å². The monoisotopic (exact) mass is 266 g/mol. The van der Waals surface area contributed by atoms with Gasteiger partial charge in [0.25, 0.3) is 5.91 Å². The largest absolute Gasteiger partial charge is 0.395 e. The summed E-state index contributed by atoms with van der Waals surface area (Å²) < 4.78 is 0. The van der Waals surface area contributed by atoms with Crippen LogP contribution in [0.4, 0.5) is 0 Å². The molecule has 18 heavy (non-hydrogen) atoms. The highest BCUT2D eigenvalue weighted by Gasteiger charge is 2.13. The number of thiocarbonyl (C=S) groups is 1. The van der Waals surface area contributed by atoms with Crippen LogP contribution in [-0.2, 0) is 6.42 Å². The van der Waals surface area contributed by atoms with Crippen molar-refractivity contribution < 1.29 is 9.90 Å². The zero-order valence-corrected chi connectivity index (χ0v) is 11.2. The molecule has 0 aliphatic heterocycles. The second-order valence-corrected chi connectivity index (χ2v) is 4.48. The average molecular weight is 266 g/mol. The number of aliphatic hydroxyl groups is 1. The van der Waals surface area contributed by atoms with Gasteiger partial charge in [-0.2, -0.15) is 0 Å². The van der Waals surface area contributed by atoms with Crippen LogP contribution in [0.2, 0.25) is 0 Å². The standard InChI is InChI=1S/C13H18N2O2S/c1-2-15(6-7-16)13(17)11-5-3-4-10(8-11)9-12(14)18/h3-5,8,16H,2,6-7,9H2,1H3,(H2,14,18). The van der Waals surface area contributed by atoms with Crippen molar-refractivity contribution >= 4 is 23.1 Å². The Bertz CT molecular complexity index is 435. The Kier molecular flexibility index (Phi) is 5.74. The van der Waals surface area contributed by atoms with Gasteiger partial charge in [0.1, 0.15) is 0 Å². The van der Waals surface area contributed by atoms with Crippen LogP contribution < -0.4 is 5.73 Å². The molecule has 5 heteroatoms. The van der Waals surface area contributed by atoms with E-state index in [1.807, 2.05) is 19.1 Å². The van der Waals surface area contributed by atoms with Crippen LogP contribution in [0.1, 0.15) is 22.8 Å². The Hall–Kier alpha value is -1.46. The van der Waals surface area contributed by atoms with Crippen LogP contribution in [0.25, 0.3) is 0 Å². The number of hydrogen-bond donors (Lipinski definition) is 2. The highest BCUT2D eigenvalue weighted by molar-refractivity contribution is 7.80. The van der Waals surface area contributed by atoms with Gasteiger partial charge in [0.05, 0.1) is 11.6 Å². The lowest BCUT2D eigenvalue weighted by molar-refractivity contribution is 0.0732. The molecule has 0 aliphatic rings. The van der Waals surface area contributed by atoms with Gasteiger partial charge in [0.15, 0.2) is 0 Å². The number of aliphatic hydroxyl groups excluding tert-OH is 1. The van der Waals surface area contributed by atoms with E-state index in [4.69, 9.17) is 23.1 Å². The average Bonchev–Trinajstić information content (AvgIpc) is 2.34. The van der Waals surface area contributed by atoms with Crippen molar-refractivity contribution in [1.29, 1.82) is 0 Å². The Labute approximate surface area is 112 Å². The number of benzene rings is 1. The highest BCUT2D eigenvalue weighted by Crippen LogP contribution is 2.09. The Morgan fingerprint density at radius 2 is 2.22 bits per heavy atom. The van der Waals surface area contributed by atoms with Crippen LogP contribution >= 0.6 is 12.2 Å². The summed E-state index contributed by atoms with van der Waals surface area (Å²) in [6.07, 6.45) is 0.489. The molecule has 1 rings (SSSR count). The summed E-state index contributed by atoms with van der Waals surface area (Å²) in [5, 5.41) is 8.91. The summed E-state index contributed by atoms with van der Waals surface area (Å²) in [4.78, 5) is 14.2. The molecule has 0 fully saturated rings. The number of nitrogens with zero attached hydrogens (tertiary/aromatic N) is 1. The third kappa shape index (κ3) is 4.09. The minimum absolute atomic E-state index is 0.0356. The molecule has 0 heterocycles. The molecule has 0 radical (unpaired) electrons. The van der Waals surface area contributed by atoms with Crippen LogP contribution in [0.3, 0.4) is 0 Å². The third-order valence-corrected chi connectivity index (χ3v) is 2.74. The zero-order chi connectivity index (χ0) is 13.5. The maximum absolute atomic E-state index is 12.2. The van der Waals surface area contributed by atoms with Gasteiger partial charge >= 0.3 is 0 Å². The molecule has 0 atom stereocenters. The van der Waals surface area contributed by atoms with Crippen molar-refractivity contribution in [2.75, 3.05) is 19.7 Å². The van der Waals surface area contributed by atoms with Crippen LogP contribution in [0, 0.1) is 0 Å². The molecular weight excluding hydrogens is 248 g/mol. The molecule has 0 bridgehead atoms. The number of rotatable bonds is 6. The second kappa shape index (κ2) is 7.08. The highest BCUT2D eigenvalue weighted by atomic mass is 32.1. The molecule has 0 aromatic heterocycles. The van der Waals surface area contributed by atoms with Gasteiger partial charge in [-0.05, 0) is 24.6 Å². The summed E-state index contributed by atoms with van der Waals surface area (Å²) in [7, 11) is 0. The maximum Gasteiger partial charge on any atom is 0.253 e. The van der Waals surface area contributed by atoms with Crippen molar-refractivity contribution in [1.82, 2.24) is 4.90 Å². The van der Waals surface area contributed by atoms with E-state index < -0.39 is 0 Å². The first-order valence-electron chi connectivity index (χ1n) is 5.85. The van der Waals surface area contributed by atoms with Crippen molar-refractivity contribution in [3.8, 4) is 0 Å². The van der Waals surface area contributed by atoms with Crippen molar-refractivity contribution in [3.63, 3.8) is 0 Å². The fourth-order valence-electron chi connectivity index (χ4n) is 1.72. The second-order valence-electron chi connectivity index (χ2n) is 3.95. The lowest BCUT2D eigenvalue weighted by atomic mass is 10.1. The summed E-state index contributed by atoms with van der Waals surface area (Å²) in [6, 6.07) is 7.25. The lowest BCUT2D eigenvalue weighted by Crippen LogP contribution is -2.33. The third-order valence-electron chi connectivity index (χ3n) is 2.59. The fraction of sp³-hybridized carbons (Fsp3) is 0.385. The maximum atomic E-state index is 12.2. The van der Waals surface area contributed by atoms with Gasteiger partial charge in [-0.1, -0.05) is 24.4 Å². The Balaban J connectivity index is 2.88. The zero-order valence-electron chi connectivity index (χ0n) is 10.4. The first-order chi connectivity index (χ1) is 8.58. The van der Waals surface area contributed by atoms with E-state index in [-0.39, 0.29) is 12.5 Å².